The molecule has 1 rings (SSSR count). The van der Waals surface area contributed by atoms with E-state index in [0.29, 0.717) is 6.42 Å². The molecule has 4 N–H and O–H groups in total. The van der Waals surface area contributed by atoms with Gasteiger partial charge in [-0.3, -0.25) is 0 Å². The second-order valence-electron chi connectivity index (χ2n) is 5.33. The quantitative estimate of drug-likeness (QED) is 0.730. The van der Waals surface area contributed by atoms with Crippen LogP contribution in [0.25, 0.3) is 0 Å². The van der Waals surface area contributed by atoms with Crippen molar-refractivity contribution in [1.29, 1.82) is 0 Å². The van der Waals surface area contributed by atoms with Crippen molar-refractivity contribution in [1.82, 2.24) is 0 Å². The van der Waals surface area contributed by atoms with Crippen molar-refractivity contribution in [3.05, 3.63) is 29.8 Å². The summed E-state index contributed by atoms with van der Waals surface area (Å²) in [7, 11) is 0. The van der Waals surface area contributed by atoms with Crippen molar-refractivity contribution in [2.75, 3.05) is 6.54 Å². The van der Waals surface area contributed by atoms with E-state index in [1.807, 2.05) is 26.8 Å². The van der Waals surface area contributed by atoms with Gasteiger partial charge in [0.2, 0.25) is 0 Å². The van der Waals surface area contributed by atoms with Crippen molar-refractivity contribution in [3.63, 3.8) is 0 Å². The molecule has 0 aliphatic carbocycles. The van der Waals surface area contributed by atoms with E-state index in [-0.39, 0.29) is 17.7 Å². The maximum Gasteiger partial charge on any atom is 0.115 e. The molecular formula is C13H21NO2. The average molecular weight is 223 g/mol. The molecular weight excluding hydrogens is 202 g/mol. The molecule has 0 amide bonds. The van der Waals surface area contributed by atoms with E-state index in [1.54, 1.807) is 18.2 Å². The van der Waals surface area contributed by atoms with Gasteiger partial charge in [0.05, 0.1) is 5.60 Å². The average Bonchev–Trinajstić information content (AvgIpc) is 2.15. The minimum atomic E-state index is -0.958. The topological polar surface area (TPSA) is 66.5 Å². The lowest BCUT2D eigenvalue weighted by molar-refractivity contribution is -0.0490. The van der Waals surface area contributed by atoms with Crippen molar-refractivity contribution >= 4 is 0 Å². The van der Waals surface area contributed by atoms with Crippen LogP contribution < -0.4 is 5.73 Å². The van der Waals surface area contributed by atoms with Gasteiger partial charge in [-0.1, -0.05) is 32.9 Å². The van der Waals surface area contributed by atoms with E-state index in [1.165, 1.54) is 0 Å². The fourth-order valence-electron chi connectivity index (χ4n) is 1.65. The third kappa shape index (κ3) is 2.74. The molecule has 0 saturated carbocycles. The minimum Gasteiger partial charge on any atom is -0.508 e. The second kappa shape index (κ2) is 4.44. The summed E-state index contributed by atoms with van der Waals surface area (Å²) >= 11 is 0. The van der Waals surface area contributed by atoms with Gasteiger partial charge in [0.1, 0.15) is 5.75 Å². The highest BCUT2D eigenvalue weighted by molar-refractivity contribution is 5.28. The number of nitrogens with two attached hydrogens (primary N) is 1. The summed E-state index contributed by atoms with van der Waals surface area (Å²) in [5.41, 5.74) is 5.30. The molecule has 16 heavy (non-hydrogen) atoms. The normalized spacial score (nSPS) is 15.8. The number of hydrogen-bond acceptors (Lipinski definition) is 3. The molecule has 1 aromatic carbocycles. The first-order valence-electron chi connectivity index (χ1n) is 5.49. The first-order valence-corrected chi connectivity index (χ1v) is 5.49. The Hall–Kier alpha value is -1.06. The zero-order valence-electron chi connectivity index (χ0n) is 10.2. The van der Waals surface area contributed by atoms with E-state index < -0.39 is 5.60 Å². The van der Waals surface area contributed by atoms with Crippen LogP contribution in [0.3, 0.4) is 0 Å². The summed E-state index contributed by atoms with van der Waals surface area (Å²) < 4.78 is 0. The van der Waals surface area contributed by atoms with Gasteiger partial charge in [0, 0.05) is 13.0 Å². The van der Waals surface area contributed by atoms with Crippen LogP contribution in [-0.4, -0.2) is 22.4 Å². The molecule has 0 heterocycles. The predicted octanol–water partition coefficient (Wildman–Crippen LogP) is 1.67. The Morgan fingerprint density at radius 2 is 1.88 bits per heavy atom. The predicted molar refractivity (Wildman–Crippen MR) is 65.3 cm³/mol. The molecule has 1 aromatic rings. The third-order valence-electron chi connectivity index (χ3n) is 3.14. The Morgan fingerprint density at radius 3 is 2.31 bits per heavy atom. The van der Waals surface area contributed by atoms with Gasteiger partial charge < -0.3 is 15.9 Å². The monoisotopic (exact) mass is 223 g/mol. The largest absolute Gasteiger partial charge is 0.508 e. The van der Waals surface area contributed by atoms with E-state index in [2.05, 4.69) is 0 Å². The van der Waals surface area contributed by atoms with Gasteiger partial charge in [-0.2, -0.15) is 0 Å². The van der Waals surface area contributed by atoms with Crippen molar-refractivity contribution in [3.8, 4) is 5.75 Å². The van der Waals surface area contributed by atoms with Crippen molar-refractivity contribution in [2.45, 2.75) is 32.8 Å². The van der Waals surface area contributed by atoms with Crippen LogP contribution in [0, 0.1) is 5.41 Å². The van der Waals surface area contributed by atoms with Crippen LogP contribution >= 0.6 is 0 Å². The Bertz CT molecular complexity index is 357. The fourth-order valence-corrected chi connectivity index (χ4v) is 1.65. The molecule has 0 spiro atoms. The third-order valence-corrected chi connectivity index (χ3v) is 3.14. The van der Waals surface area contributed by atoms with E-state index in [4.69, 9.17) is 5.73 Å². The number of aliphatic hydroxyl groups is 1. The molecule has 0 bridgehead atoms. The van der Waals surface area contributed by atoms with Gasteiger partial charge in [0.15, 0.2) is 0 Å². The highest BCUT2D eigenvalue weighted by Gasteiger charge is 2.38. The highest BCUT2D eigenvalue weighted by Crippen LogP contribution is 2.33. The van der Waals surface area contributed by atoms with Gasteiger partial charge in [-0.05, 0) is 23.1 Å². The number of benzene rings is 1. The molecule has 0 aliphatic heterocycles. The molecule has 0 radical (unpaired) electrons. The van der Waals surface area contributed by atoms with E-state index in [0.717, 1.165) is 5.56 Å². The lowest BCUT2D eigenvalue weighted by Crippen LogP contribution is -2.50. The van der Waals surface area contributed by atoms with E-state index in [9.17, 15) is 10.2 Å². The number of aromatic hydroxyl groups is 1. The van der Waals surface area contributed by atoms with Gasteiger partial charge in [-0.15, -0.1) is 0 Å². The van der Waals surface area contributed by atoms with Crippen LogP contribution in [-0.2, 0) is 6.42 Å². The van der Waals surface area contributed by atoms with Crippen LogP contribution in [0.1, 0.15) is 26.3 Å². The SMILES string of the molecule is CC(C)(C)C(O)(CN)Cc1cccc(O)c1. The second-order valence-corrected chi connectivity index (χ2v) is 5.33. The van der Waals surface area contributed by atoms with E-state index >= 15 is 0 Å². The minimum absolute atomic E-state index is 0.201. The first-order chi connectivity index (χ1) is 7.28. The summed E-state index contributed by atoms with van der Waals surface area (Å²) in [6.45, 7) is 6.08. The number of phenols is 1. The maximum absolute atomic E-state index is 10.5. The zero-order chi connectivity index (χ0) is 12.4. The van der Waals surface area contributed by atoms with Crippen molar-refractivity contribution in [2.24, 2.45) is 11.1 Å². The first kappa shape index (κ1) is 13.0. The maximum atomic E-state index is 10.5. The summed E-state index contributed by atoms with van der Waals surface area (Å²) in [6.07, 6.45) is 0.446. The lowest BCUT2D eigenvalue weighted by atomic mass is 9.73. The standard InChI is InChI=1S/C13H21NO2/c1-12(2,3)13(16,9-14)8-10-5-4-6-11(15)7-10/h4-7,15-16H,8-9,14H2,1-3H3. The smallest absolute Gasteiger partial charge is 0.115 e. The van der Waals surface area contributed by atoms with Gasteiger partial charge in [-0.25, -0.2) is 0 Å². The Morgan fingerprint density at radius 1 is 1.25 bits per heavy atom. The van der Waals surface area contributed by atoms with Crippen LogP contribution in [0.2, 0.25) is 0 Å². The molecule has 0 aromatic heterocycles. The molecule has 3 nitrogen and oxygen atoms in total. The molecule has 90 valence electrons. The molecule has 3 heteroatoms. The molecule has 0 saturated heterocycles. The molecule has 1 atom stereocenters. The fraction of sp³-hybridized carbons (Fsp3) is 0.538. The number of rotatable bonds is 3. The molecule has 1 unspecified atom stereocenters. The number of phenolic OH excluding ortho intramolecular Hbond substituents is 1. The Kier molecular flexibility index (Phi) is 3.61. The summed E-state index contributed by atoms with van der Waals surface area (Å²) in [5, 5.41) is 19.9. The van der Waals surface area contributed by atoms with Gasteiger partial charge >= 0.3 is 0 Å². The number of hydrogen-bond donors (Lipinski definition) is 3. The summed E-state index contributed by atoms with van der Waals surface area (Å²) in [5.74, 6) is 0.214. The highest BCUT2D eigenvalue weighted by atomic mass is 16.3. The summed E-state index contributed by atoms with van der Waals surface area (Å²) in [4.78, 5) is 0. The van der Waals surface area contributed by atoms with Crippen LogP contribution in [0.4, 0.5) is 0 Å². The van der Waals surface area contributed by atoms with Crippen molar-refractivity contribution < 1.29 is 10.2 Å². The van der Waals surface area contributed by atoms with Gasteiger partial charge in [0.25, 0.3) is 0 Å². The Labute approximate surface area is 96.9 Å². The Balaban J connectivity index is 2.94. The summed E-state index contributed by atoms with van der Waals surface area (Å²) in [6, 6.07) is 6.92. The lowest BCUT2D eigenvalue weighted by Gasteiger charge is -2.39. The van der Waals surface area contributed by atoms with Crippen LogP contribution in [0.5, 0.6) is 5.75 Å². The molecule has 0 aliphatic rings. The zero-order valence-corrected chi connectivity index (χ0v) is 10.2. The van der Waals surface area contributed by atoms with Crippen LogP contribution in [0.15, 0.2) is 24.3 Å². The molecule has 0 fully saturated rings.